The molecular weight excluding hydrogens is 442 g/mol. The van der Waals surface area contributed by atoms with Crippen molar-refractivity contribution in [3.05, 3.63) is 56.5 Å². The molecule has 0 heterocycles. The molecule has 1 aliphatic rings. The van der Waals surface area contributed by atoms with Crippen LogP contribution in [-0.2, 0) is 9.59 Å². The zero-order valence-corrected chi connectivity index (χ0v) is 17.8. The van der Waals surface area contributed by atoms with Gasteiger partial charge in [0.2, 0.25) is 11.8 Å². The highest BCUT2D eigenvalue weighted by molar-refractivity contribution is 6.36. The molecule has 1 saturated carbocycles. The fraction of sp³-hybridized carbons (Fsp3) is 0.300. The highest BCUT2D eigenvalue weighted by Gasteiger charge is 2.30. The Balaban J connectivity index is 1.55. The molecule has 0 bridgehead atoms. The third kappa shape index (κ3) is 5.32. The number of hydrogen-bond donors (Lipinski definition) is 2. The quantitative estimate of drug-likeness (QED) is 0.535. The van der Waals surface area contributed by atoms with Gasteiger partial charge in [-0.2, -0.15) is 0 Å². The number of nitrogens with one attached hydrogen (secondary N) is 2. The molecular formula is C20H18Cl4N2O2. The molecule has 1 aliphatic carbocycles. The first-order chi connectivity index (χ1) is 13.3. The molecule has 0 spiro atoms. The van der Waals surface area contributed by atoms with E-state index in [0.717, 1.165) is 0 Å². The van der Waals surface area contributed by atoms with Gasteiger partial charge in [-0.1, -0.05) is 46.4 Å². The van der Waals surface area contributed by atoms with E-state index in [1.165, 1.54) is 0 Å². The van der Waals surface area contributed by atoms with E-state index < -0.39 is 0 Å². The van der Waals surface area contributed by atoms with Crippen molar-refractivity contribution in [3.8, 4) is 0 Å². The van der Waals surface area contributed by atoms with Gasteiger partial charge in [-0.3, -0.25) is 9.59 Å². The summed E-state index contributed by atoms with van der Waals surface area (Å²) in [4.78, 5) is 25.1. The lowest BCUT2D eigenvalue weighted by Gasteiger charge is -2.27. The van der Waals surface area contributed by atoms with E-state index >= 15 is 0 Å². The van der Waals surface area contributed by atoms with Crippen LogP contribution in [0.1, 0.15) is 25.7 Å². The molecule has 1 fully saturated rings. The minimum Gasteiger partial charge on any atom is -0.324 e. The largest absolute Gasteiger partial charge is 0.324 e. The number of hydrogen-bond acceptors (Lipinski definition) is 2. The van der Waals surface area contributed by atoms with Crippen molar-refractivity contribution in [2.24, 2.45) is 11.8 Å². The van der Waals surface area contributed by atoms with Gasteiger partial charge in [0.1, 0.15) is 0 Å². The van der Waals surface area contributed by atoms with E-state index in [1.54, 1.807) is 36.4 Å². The minimum absolute atomic E-state index is 0.110. The Morgan fingerprint density at radius 1 is 0.679 bits per heavy atom. The molecule has 2 aromatic rings. The van der Waals surface area contributed by atoms with E-state index in [2.05, 4.69) is 10.6 Å². The van der Waals surface area contributed by atoms with Crippen LogP contribution in [0.5, 0.6) is 0 Å². The van der Waals surface area contributed by atoms with Crippen molar-refractivity contribution in [1.82, 2.24) is 0 Å². The lowest BCUT2D eigenvalue weighted by molar-refractivity contribution is -0.125. The van der Waals surface area contributed by atoms with Gasteiger partial charge in [-0.05, 0) is 62.1 Å². The van der Waals surface area contributed by atoms with Gasteiger partial charge in [-0.25, -0.2) is 0 Å². The van der Waals surface area contributed by atoms with Crippen LogP contribution < -0.4 is 10.6 Å². The van der Waals surface area contributed by atoms with Gasteiger partial charge >= 0.3 is 0 Å². The summed E-state index contributed by atoms with van der Waals surface area (Å²) in [6, 6.07) is 9.85. The van der Waals surface area contributed by atoms with Crippen LogP contribution in [0.15, 0.2) is 36.4 Å². The average molecular weight is 460 g/mol. The molecule has 0 radical (unpaired) electrons. The standard InChI is InChI=1S/C20H18Cl4N2O2/c21-13-5-7-15(23)17(9-13)25-19(27)11-1-2-12(4-3-11)20(28)26-18-10-14(22)6-8-16(18)24/h5-12H,1-4H2,(H,25,27)(H,26,28). The SMILES string of the molecule is O=C(Nc1cc(Cl)ccc1Cl)C1CCC(C(=O)Nc2cc(Cl)ccc2Cl)CC1. The number of carbonyl (C=O) groups excluding carboxylic acids is 2. The summed E-state index contributed by atoms with van der Waals surface area (Å²) < 4.78 is 0. The lowest BCUT2D eigenvalue weighted by Crippen LogP contribution is -2.32. The normalized spacial score (nSPS) is 19.1. The molecule has 148 valence electrons. The smallest absolute Gasteiger partial charge is 0.227 e. The summed E-state index contributed by atoms with van der Waals surface area (Å²) in [6.07, 6.45) is 2.47. The number of amides is 2. The molecule has 8 heteroatoms. The topological polar surface area (TPSA) is 58.2 Å². The van der Waals surface area contributed by atoms with Gasteiger partial charge < -0.3 is 10.6 Å². The monoisotopic (exact) mass is 458 g/mol. The number of benzene rings is 2. The molecule has 2 aromatic carbocycles. The fourth-order valence-corrected chi connectivity index (χ4v) is 3.95. The first-order valence-corrected chi connectivity index (χ1v) is 10.4. The van der Waals surface area contributed by atoms with E-state index in [1.807, 2.05) is 0 Å². The second-order valence-corrected chi connectivity index (χ2v) is 8.46. The van der Waals surface area contributed by atoms with Gasteiger partial charge in [-0.15, -0.1) is 0 Å². The third-order valence-electron chi connectivity index (χ3n) is 4.84. The second-order valence-electron chi connectivity index (χ2n) is 6.78. The van der Waals surface area contributed by atoms with E-state index in [9.17, 15) is 9.59 Å². The van der Waals surface area contributed by atoms with Crippen molar-refractivity contribution >= 4 is 69.6 Å². The summed E-state index contributed by atoms with van der Waals surface area (Å²) in [5.41, 5.74) is 0.990. The molecule has 0 unspecified atom stereocenters. The first kappa shape index (κ1) is 21.3. The summed E-state index contributed by atoms with van der Waals surface area (Å²) in [5.74, 6) is -0.565. The Morgan fingerprint density at radius 3 is 1.39 bits per heavy atom. The van der Waals surface area contributed by atoms with Crippen LogP contribution in [0, 0.1) is 11.8 Å². The molecule has 2 N–H and O–H groups in total. The number of carbonyl (C=O) groups is 2. The fourth-order valence-electron chi connectivity index (χ4n) is 3.27. The Labute approximate surface area is 183 Å². The molecule has 3 rings (SSSR count). The van der Waals surface area contributed by atoms with E-state index in [0.29, 0.717) is 57.1 Å². The third-order valence-corrected chi connectivity index (χ3v) is 5.97. The predicted octanol–water partition coefficient (Wildman–Crippen LogP) is 6.68. The molecule has 4 nitrogen and oxygen atoms in total. The second kappa shape index (κ2) is 9.36. The number of anilines is 2. The summed E-state index contributed by atoms with van der Waals surface area (Å²) in [6.45, 7) is 0. The van der Waals surface area contributed by atoms with Gasteiger partial charge in [0.25, 0.3) is 0 Å². The van der Waals surface area contributed by atoms with Crippen LogP contribution in [0.2, 0.25) is 20.1 Å². The highest BCUT2D eigenvalue weighted by atomic mass is 35.5. The van der Waals surface area contributed by atoms with Gasteiger partial charge in [0, 0.05) is 21.9 Å². The zero-order valence-electron chi connectivity index (χ0n) is 14.8. The van der Waals surface area contributed by atoms with Crippen LogP contribution >= 0.6 is 46.4 Å². The van der Waals surface area contributed by atoms with Crippen LogP contribution in [0.4, 0.5) is 11.4 Å². The molecule has 0 aromatic heterocycles. The highest BCUT2D eigenvalue weighted by Crippen LogP contribution is 2.33. The van der Waals surface area contributed by atoms with Crippen molar-refractivity contribution in [2.75, 3.05) is 10.6 Å². The maximum atomic E-state index is 12.5. The Bertz CT molecular complexity index is 822. The number of rotatable bonds is 4. The Kier molecular flexibility index (Phi) is 7.10. The molecule has 28 heavy (non-hydrogen) atoms. The summed E-state index contributed by atoms with van der Waals surface area (Å²) in [5, 5.41) is 7.53. The van der Waals surface area contributed by atoms with Gasteiger partial charge in [0.15, 0.2) is 0 Å². The number of halogens is 4. The van der Waals surface area contributed by atoms with Crippen LogP contribution in [-0.4, -0.2) is 11.8 Å². The van der Waals surface area contributed by atoms with Crippen molar-refractivity contribution in [2.45, 2.75) is 25.7 Å². The molecule has 0 aliphatic heterocycles. The predicted molar refractivity (Wildman–Crippen MR) is 116 cm³/mol. The van der Waals surface area contributed by atoms with Crippen molar-refractivity contribution in [3.63, 3.8) is 0 Å². The van der Waals surface area contributed by atoms with Crippen molar-refractivity contribution in [1.29, 1.82) is 0 Å². The summed E-state index contributed by atoms with van der Waals surface area (Å²) >= 11 is 24.1. The molecule has 0 saturated heterocycles. The van der Waals surface area contributed by atoms with Crippen LogP contribution in [0.25, 0.3) is 0 Å². The van der Waals surface area contributed by atoms with Crippen molar-refractivity contribution < 1.29 is 9.59 Å². The minimum atomic E-state index is -0.172. The van der Waals surface area contributed by atoms with Gasteiger partial charge in [0.05, 0.1) is 21.4 Å². The summed E-state index contributed by atoms with van der Waals surface area (Å²) in [7, 11) is 0. The zero-order chi connectivity index (χ0) is 20.3. The first-order valence-electron chi connectivity index (χ1n) is 8.85. The van der Waals surface area contributed by atoms with Crippen LogP contribution in [0.3, 0.4) is 0 Å². The van der Waals surface area contributed by atoms with E-state index in [-0.39, 0.29) is 23.7 Å². The maximum Gasteiger partial charge on any atom is 0.227 e. The Morgan fingerprint density at radius 2 is 1.04 bits per heavy atom. The lowest BCUT2D eigenvalue weighted by atomic mass is 9.81. The Hall–Kier alpha value is -1.46. The average Bonchev–Trinajstić information content (AvgIpc) is 2.67. The maximum absolute atomic E-state index is 12.5. The molecule has 0 atom stereocenters. The molecule has 2 amide bonds. The van der Waals surface area contributed by atoms with E-state index in [4.69, 9.17) is 46.4 Å².